The van der Waals surface area contributed by atoms with Crippen molar-refractivity contribution in [3.8, 4) is 11.5 Å². The Morgan fingerprint density at radius 2 is 1.00 bits per heavy atom. The van der Waals surface area contributed by atoms with Gasteiger partial charge in [0.05, 0.1) is 0 Å². The number of hydrogen-bond donors (Lipinski definition) is 2. The molecule has 2 aromatic carbocycles. The molecular weight excluding hydrogens is 512 g/mol. The minimum atomic E-state index is -0.425. The van der Waals surface area contributed by atoms with Gasteiger partial charge in [0.1, 0.15) is 11.5 Å². The standard InChI is InChI=1S/C35H50N2O4/c1-5-26-17-15-19-30(28(26)7-3)40-32(38)36-34(21-11-9-12-22-34)25-35(23-13-10-14-24-35)37-33(39)41-31-20-16-18-27(6-2)29(31)8-4/h15-20H,5-14,21-25H2,1-4H3,(H,36,38)(H,37,39). The molecule has 2 amide bonds. The highest BCUT2D eigenvalue weighted by Gasteiger charge is 2.45. The molecular formula is C35H50N2O4. The summed E-state index contributed by atoms with van der Waals surface area (Å²) < 4.78 is 11.9. The Bertz CT molecular complexity index is 1090. The van der Waals surface area contributed by atoms with Crippen molar-refractivity contribution in [1.82, 2.24) is 10.6 Å². The van der Waals surface area contributed by atoms with E-state index in [9.17, 15) is 9.59 Å². The minimum Gasteiger partial charge on any atom is -0.410 e. The van der Waals surface area contributed by atoms with Crippen molar-refractivity contribution in [2.24, 2.45) is 0 Å². The summed E-state index contributed by atoms with van der Waals surface area (Å²) in [5, 5.41) is 6.69. The SMILES string of the molecule is CCc1cccc(OC(=O)NC2(CC3(NC(=O)Oc4cccc(CC)c4CC)CCCCC3)CCCCC2)c1CC. The lowest BCUT2D eigenvalue weighted by molar-refractivity contribution is 0.107. The molecule has 0 unspecified atom stereocenters. The molecule has 2 saturated carbocycles. The van der Waals surface area contributed by atoms with Gasteiger partial charge in [0.15, 0.2) is 0 Å². The number of carbonyl (C=O) groups is 2. The first-order valence-corrected chi connectivity index (χ1v) is 16.1. The highest BCUT2D eigenvalue weighted by Crippen LogP contribution is 2.41. The molecule has 2 aliphatic carbocycles. The number of nitrogens with one attached hydrogen (secondary N) is 2. The van der Waals surface area contributed by atoms with Gasteiger partial charge in [-0.1, -0.05) is 90.5 Å². The Labute approximate surface area is 247 Å². The van der Waals surface area contributed by atoms with Crippen LogP contribution in [0.25, 0.3) is 0 Å². The molecule has 6 nitrogen and oxygen atoms in total. The van der Waals surface area contributed by atoms with Crippen LogP contribution in [0.3, 0.4) is 0 Å². The van der Waals surface area contributed by atoms with Crippen LogP contribution in [0.2, 0.25) is 0 Å². The van der Waals surface area contributed by atoms with Gasteiger partial charge in [0.25, 0.3) is 0 Å². The molecule has 6 heteroatoms. The molecule has 2 N–H and O–H groups in total. The molecule has 0 spiro atoms. The summed E-state index contributed by atoms with van der Waals surface area (Å²) in [6, 6.07) is 11.9. The second-order valence-electron chi connectivity index (χ2n) is 12.1. The van der Waals surface area contributed by atoms with Crippen molar-refractivity contribution >= 4 is 12.2 Å². The Hall–Kier alpha value is -3.02. The largest absolute Gasteiger partial charge is 0.413 e. The van der Waals surface area contributed by atoms with E-state index in [0.717, 1.165) is 101 Å². The predicted octanol–water partition coefficient (Wildman–Crippen LogP) is 8.61. The predicted molar refractivity (Wildman–Crippen MR) is 165 cm³/mol. The Morgan fingerprint density at radius 3 is 1.34 bits per heavy atom. The van der Waals surface area contributed by atoms with Crippen molar-refractivity contribution in [2.75, 3.05) is 0 Å². The molecule has 0 aromatic heterocycles. The average Bonchev–Trinajstić information content (AvgIpc) is 2.97. The summed E-state index contributed by atoms with van der Waals surface area (Å²) in [5.74, 6) is 1.29. The number of hydrogen-bond acceptors (Lipinski definition) is 4. The molecule has 0 bridgehead atoms. The van der Waals surface area contributed by atoms with Crippen LogP contribution in [0.5, 0.6) is 11.5 Å². The molecule has 0 aliphatic heterocycles. The number of rotatable bonds is 10. The van der Waals surface area contributed by atoms with E-state index in [1.54, 1.807) is 0 Å². The van der Waals surface area contributed by atoms with Crippen molar-refractivity contribution in [3.63, 3.8) is 0 Å². The highest BCUT2D eigenvalue weighted by molar-refractivity contribution is 5.73. The summed E-state index contributed by atoms with van der Waals surface area (Å²) in [6.07, 6.45) is 13.4. The van der Waals surface area contributed by atoms with Crippen LogP contribution in [0.1, 0.15) is 121 Å². The molecule has 2 aliphatic rings. The van der Waals surface area contributed by atoms with Crippen LogP contribution >= 0.6 is 0 Å². The van der Waals surface area contributed by atoms with E-state index >= 15 is 0 Å². The lowest BCUT2D eigenvalue weighted by Crippen LogP contribution is -2.60. The van der Waals surface area contributed by atoms with Gasteiger partial charge in [0.2, 0.25) is 0 Å². The fourth-order valence-electron chi connectivity index (χ4n) is 7.36. The maximum absolute atomic E-state index is 13.4. The van der Waals surface area contributed by atoms with Crippen molar-refractivity contribution in [3.05, 3.63) is 58.7 Å². The molecule has 4 rings (SSSR count). The minimum absolute atomic E-state index is 0.396. The summed E-state index contributed by atoms with van der Waals surface area (Å²) >= 11 is 0. The van der Waals surface area contributed by atoms with E-state index in [-0.39, 0.29) is 0 Å². The topological polar surface area (TPSA) is 76.7 Å². The Balaban J connectivity index is 1.53. The average molecular weight is 563 g/mol. The first-order valence-electron chi connectivity index (χ1n) is 16.1. The molecule has 0 heterocycles. The quantitative estimate of drug-likeness (QED) is 0.304. The molecule has 0 atom stereocenters. The fourth-order valence-corrected chi connectivity index (χ4v) is 7.36. The Kier molecular flexibility index (Phi) is 10.7. The zero-order valence-corrected chi connectivity index (χ0v) is 25.7. The normalized spacial score (nSPS) is 17.9. The third-order valence-corrected chi connectivity index (χ3v) is 9.37. The Morgan fingerprint density at radius 1 is 0.610 bits per heavy atom. The van der Waals surface area contributed by atoms with Crippen molar-refractivity contribution in [2.45, 2.75) is 135 Å². The molecule has 0 saturated heterocycles. The van der Waals surface area contributed by atoms with Crippen LogP contribution in [-0.4, -0.2) is 23.3 Å². The monoisotopic (exact) mass is 562 g/mol. The van der Waals surface area contributed by atoms with Crippen LogP contribution in [0.15, 0.2) is 36.4 Å². The third-order valence-electron chi connectivity index (χ3n) is 9.37. The van der Waals surface area contributed by atoms with E-state index in [2.05, 4.69) is 50.5 Å². The fraction of sp³-hybridized carbons (Fsp3) is 0.600. The van der Waals surface area contributed by atoms with Gasteiger partial charge in [-0.05, 0) is 92.2 Å². The van der Waals surface area contributed by atoms with Gasteiger partial charge in [-0.25, -0.2) is 9.59 Å². The lowest BCUT2D eigenvalue weighted by Gasteiger charge is -2.47. The van der Waals surface area contributed by atoms with E-state index in [1.165, 1.54) is 11.1 Å². The van der Waals surface area contributed by atoms with Crippen LogP contribution in [-0.2, 0) is 25.7 Å². The van der Waals surface area contributed by atoms with Crippen molar-refractivity contribution < 1.29 is 19.1 Å². The van der Waals surface area contributed by atoms with Crippen LogP contribution in [0, 0.1) is 0 Å². The van der Waals surface area contributed by atoms with Crippen LogP contribution < -0.4 is 20.1 Å². The zero-order valence-electron chi connectivity index (χ0n) is 25.7. The maximum Gasteiger partial charge on any atom is 0.413 e. The van der Waals surface area contributed by atoms with Gasteiger partial charge in [-0.3, -0.25) is 0 Å². The van der Waals surface area contributed by atoms with Crippen LogP contribution in [0.4, 0.5) is 9.59 Å². The van der Waals surface area contributed by atoms with E-state index in [0.29, 0.717) is 17.9 Å². The second-order valence-corrected chi connectivity index (χ2v) is 12.1. The second kappa shape index (κ2) is 14.2. The lowest BCUT2D eigenvalue weighted by atomic mass is 9.68. The summed E-state index contributed by atoms with van der Waals surface area (Å²) in [4.78, 5) is 26.9. The highest BCUT2D eigenvalue weighted by atomic mass is 16.6. The zero-order chi connectivity index (χ0) is 29.3. The summed E-state index contributed by atoms with van der Waals surface area (Å²) in [6.45, 7) is 8.45. The van der Waals surface area contributed by atoms with Gasteiger partial charge in [-0.2, -0.15) is 0 Å². The smallest absolute Gasteiger partial charge is 0.410 e. The molecule has 224 valence electrons. The first kappa shape index (κ1) is 30.9. The van der Waals surface area contributed by atoms with Gasteiger partial charge in [-0.15, -0.1) is 0 Å². The molecule has 2 aromatic rings. The van der Waals surface area contributed by atoms with Crippen molar-refractivity contribution in [1.29, 1.82) is 0 Å². The molecule has 41 heavy (non-hydrogen) atoms. The van der Waals surface area contributed by atoms with Gasteiger partial charge >= 0.3 is 12.2 Å². The maximum atomic E-state index is 13.4. The number of benzene rings is 2. The number of amides is 2. The van der Waals surface area contributed by atoms with E-state index < -0.39 is 23.3 Å². The summed E-state index contributed by atoms with van der Waals surface area (Å²) in [7, 11) is 0. The molecule has 0 radical (unpaired) electrons. The molecule has 2 fully saturated rings. The third kappa shape index (κ3) is 7.64. The summed E-state index contributed by atoms with van der Waals surface area (Å²) in [5.41, 5.74) is 3.76. The van der Waals surface area contributed by atoms with Gasteiger partial charge < -0.3 is 20.1 Å². The number of aryl methyl sites for hydroxylation is 2. The number of ether oxygens (including phenoxy) is 2. The van der Waals surface area contributed by atoms with E-state index in [4.69, 9.17) is 9.47 Å². The van der Waals surface area contributed by atoms with E-state index in [1.807, 2.05) is 24.3 Å². The van der Waals surface area contributed by atoms with Gasteiger partial charge in [0, 0.05) is 11.1 Å². The number of carbonyl (C=O) groups excluding carboxylic acids is 2. The first-order chi connectivity index (χ1) is 19.9.